The van der Waals surface area contributed by atoms with Crippen LogP contribution in [0.5, 0.6) is 0 Å². The fourth-order valence-corrected chi connectivity index (χ4v) is 5.11. The molecule has 0 saturated carbocycles. The molecule has 0 bridgehead atoms. The van der Waals surface area contributed by atoms with Crippen molar-refractivity contribution in [1.82, 2.24) is 19.1 Å². The second-order valence-corrected chi connectivity index (χ2v) is 9.03. The molecule has 2 unspecified atom stereocenters. The molecule has 5 aromatic rings. The normalized spacial score (nSPS) is 12.9. The highest BCUT2D eigenvalue weighted by Gasteiger charge is 2.29. The standard InChI is InChI=1S/C29H27N5O3/c1-4-37-26(35)15-25(20-10-6-5-7-11-20)34-28-24(14-13-21(16-30)32-28)33(29(34)36)19(3)22-17-31-23-12-8-9-18(2)27(22)23/h5-14,17,19,25,31H,4,15H2,1-3H3. The smallest absolute Gasteiger partial charge is 0.331 e. The number of benzene rings is 2. The van der Waals surface area contributed by atoms with E-state index in [2.05, 4.69) is 16.0 Å². The zero-order valence-corrected chi connectivity index (χ0v) is 20.9. The number of hydrogen-bond acceptors (Lipinski definition) is 5. The molecule has 2 atom stereocenters. The number of aryl methyl sites for hydroxylation is 1. The minimum atomic E-state index is -0.658. The van der Waals surface area contributed by atoms with Gasteiger partial charge in [0.25, 0.3) is 0 Å². The van der Waals surface area contributed by atoms with Crippen LogP contribution < -0.4 is 5.69 Å². The quantitative estimate of drug-likeness (QED) is 0.321. The number of imidazole rings is 1. The summed E-state index contributed by atoms with van der Waals surface area (Å²) < 4.78 is 8.47. The number of pyridine rings is 1. The number of ether oxygens (including phenoxy) is 1. The molecule has 0 amide bonds. The number of aromatic nitrogens is 4. The second kappa shape index (κ2) is 9.78. The van der Waals surface area contributed by atoms with Crippen molar-refractivity contribution in [2.75, 3.05) is 6.61 Å². The Bertz CT molecular complexity index is 1710. The van der Waals surface area contributed by atoms with E-state index in [0.717, 1.165) is 27.6 Å². The minimum Gasteiger partial charge on any atom is -0.466 e. The lowest BCUT2D eigenvalue weighted by Crippen LogP contribution is -2.31. The number of aromatic amines is 1. The second-order valence-electron chi connectivity index (χ2n) is 9.03. The molecule has 0 aliphatic heterocycles. The summed E-state index contributed by atoms with van der Waals surface area (Å²) in [6.07, 6.45) is 1.89. The lowest BCUT2D eigenvalue weighted by atomic mass is 10.0. The van der Waals surface area contributed by atoms with Gasteiger partial charge >= 0.3 is 11.7 Å². The summed E-state index contributed by atoms with van der Waals surface area (Å²) in [7, 11) is 0. The van der Waals surface area contributed by atoms with Gasteiger partial charge < -0.3 is 9.72 Å². The molecule has 37 heavy (non-hydrogen) atoms. The van der Waals surface area contributed by atoms with Gasteiger partial charge in [0.15, 0.2) is 5.65 Å². The van der Waals surface area contributed by atoms with Gasteiger partial charge in [-0.1, -0.05) is 42.5 Å². The van der Waals surface area contributed by atoms with E-state index in [-0.39, 0.29) is 30.5 Å². The van der Waals surface area contributed by atoms with Gasteiger partial charge in [0, 0.05) is 22.7 Å². The Balaban J connectivity index is 1.77. The molecule has 8 nitrogen and oxygen atoms in total. The van der Waals surface area contributed by atoms with Crippen molar-refractivity contribution in [2.24, 2.45) is 0 Å². The van der Waals surface area contributed by atoms with Gasteiger partial charge in [-0.3, -0.25) is 13.9 Å². The summed E-state index contributed by atoms with van der Waals surface area (Å²) in [5.74, 6) is -0.416. The first-order valence-corrected chi connectivity index (χ1v) is 12.2. The number of nitrogens with zero attached hydrogens (tertiary/aromatic N) is 4. The van der Waals surface area contributed by atoms with Gasteiger partial charge in [-0.2, -0.15) is 5.26 Å². The lowest BCUT2D eigenvalue weighted by molar-refractivity contribution is -0.143. The van der Waals surface area contributed by atoms with E-state index >= 15 is 0 Å². The number of carbonyl (C=O) groups is 1. The first-order chi connectivity index (χ1) is 17.9. The molecule has 5 rings (SSSR count). The lowest BCUT2D eigenvalue weighted by Gasteiger charge is -2.18. The van der Waals surface area contributed by atoms with Gasteiger partial charge in [0.2, 0.25) is 0 Å². The van der Waals surface area contributed by atoms with E-state index in [1.165, 1.54) is 4.57 Å². The molecule has 0 fully saturated rings. The summed E-state index contributed by atoms with van der Waals surface area (Å²) in [6.45, 7) is 6.01. The highest BCUT2D eigenvalue weighted by atomic mass is 16.5. The Morgan fingerprint density at radius 3 is 2.62 bits per heavy atom. The molecular weight excluding hydrogens is 466 g/mol. The summed E-state index contributed by atoms with van der Waals surface area (Å²) >= 11 is 0. The molecule has 0 aliphatic carbocycles. The largest absolute Gasteiger partial charge is 0.466 e. The van der Waals surface area contributed by atoms with Crippen LogP contribution in [0, 0.1) is 18.3 Å². The van der Waals surface area contributed by atoms with Crippen LogP contribution in [0.2, 0.25) is 0 Å². The van der Waals surface area contributed by atoms with Gasteiger partial charge in [0.1, 0.15) is 11.8 Å². The molecule has 3 heterocycles. The number of nitriles is 1. The molecule has 0 aliphatic rings. The molecule has 0 radical (unpaired) electrons. The van der Waals surface area contributed by atoms with E-state index in [0.29, 0.717) is 11.2 Å². The third kappa shape index (κ3) is 4.19. The minimum absolute atomic E-state index is 0.0457. The number of H-pyrrole nitrogens is 1. The van der Waals surface area contributed by atoms with E-state index in [9.17, 15) is 14.9 Å². The molecular formula is C29H27N5O3. The maximum absolute atomic E-state index is 14.2. The van der Waals surface area contributed by atoms with Gasteiger partial charge in [0.05, 0.1) is 30.6 Å². The summed E-state index contributed by atoms with van der Waals surface area (Å²) in [6, 6.07) is 19.8. The van der Waals surface area contributed by atoms with Crippen molar-refractivity contribution in [1.29, 1.82) is 5.26 Å². The molecule has 1 N–H and O–H groups in total. The molecule has 0 spiro atoms. The van der Waals surface area contributed by atoms with E-state index in [1.807, 2.05) is 68.6 Å². The predicted molar refractivity (Wildman–Crippen MR) is 141 cm³/mol. The van der Waals surface area contributed by atoms with Crippen molar-refractivity contribution in [2.45, 2.75) is 39.3 Å². The first kappa shape index (κ1) is 24.1. The van der Waals surface area contributed by atoms with E-state index in [4.69, 9.17) is 4.74 Å². The maximum atomic E-state index is 14.2. The van der Waals surface area contributed by atoms with Gasteiger partial charge in [-0.25, -0.2) is 9.78 Å². The van der Waals surface area contributed by atoms with Crippen LogP contribution in [0.4, 0.5) is 0 Å². The van der Waals surface area contributed by atoms with Crippen LogP contribution in [0.1, 0.15) is 54.7 Å². The van der Waals surface area contributed by atoms with Crippen LogP contribution in [0.15, 0.2) is 71.7 Å². The molecule has 3 aromatic heterocycles. The number of fused-ring (bicyclic) bond motifs is 2. The summed E-state index contributed by atoms with van der Waals surface area (Å²) in [4.78, 5) is 34.8. The number of carbonyl (C=O) groups excluding carboxylic acids is 1. The Kier molecular flexibility index (Phi) is 6.36. The average Bonchev–Trinajstić information content (AvgIpc) is 3.47. The average molecular weight is 494 g/mol. The van der Waals surface area contributed by atoms with Crippen molar-refractivity contribution in [3.8, 4) is 6.07 Å². The maximum Gasteiger partial charge on any atom is 0.331 e. The number of rotatable bonds is 7. The van der Waals surface area contributed by atoms with Crippen molar-refractivity contribution in [3.63, 3.8) is 0 Å². The van der Waals surface area contributed by atoms with Crippen LogP contribution in [-0.4, -0.2) is 31.7 Å². The fraction of sp³-hybridized carbons (Fsp3) is 0.241. The third-order valence-corrected chi connectivity index (χ3v) is 6.81. The number of esters is 1. The van der Waals surface area contributed by atoms with Gasteiger partial charge in [-0.05, 0) is 50.1 Å². The Hall–Kier alpha value is -4.64. The van der Waals surface area contributed by atoms with Crippen LogP contribution in [-0.2, 0) is 9.53 Å². The summed E-state index contributed by atoms with van der Waals surface area (Å²) in [5, 5.41) is 10.6. The molecule has 8 heteroatoms. The van der Waals surface area contributed by atoms with Crippen molar-refractivity contribution < 1.29 is 9.53 Å². The van der Waals surface area contributed by atoms with Crippen LogP contribution >= 0.6 is 0 Å². The van der Waals surface area contributed by atoms with Crippen LogP contribution in [0.25, 0.3) is 22.1 Å². The first-order valence-electron chi connectivity index (χ1n) is 12.2. The van der Waals surface area contributed by atoms with Crippen molar-refractivity contribution >= 4 is 28.0 Å². The highest BCUT2D eigenvalue weighted by Crippen LogP contribution is 2.32. The summed E-state index contributed by atoms with van der Waals surface area (Å²) in [5.41, 5.74) is 4.66. The monoisotopic (exact) mass is 493 g/mol. The number of hydrogen-bond donors (Lipinski definition) is 1. The van der Waals surface area contributed by atoms with E-state index in [1.54, 1.807) is 23.6 Å². The molecule has 0 saturated heterocycles. The fourth-order valence-electron chi connectivity index (χ4n) is 5.11. The molecule has 186 valence electrons. The van der Waals surface area contributed by atoms with E-state index < -0.39 is 12.0 Å². The predicted octanol–water partition coefficient (Wildman–Crippen LogP) is 5.01. The molecule has 2 aromatic carbocycles. The Morgan fingerprint density at radius 2 is 1.89 bits per heavy atom. The SMILES string of the molecule is CCOC(=O)CC(c1ccccc1)n1c(=O)n(C(C)c2c[nH]c3cccc(C)c23)c2ccc(C#N)nc21. The Morgan fingerprint density at radius 1 is 1.11 bits per heavy atom. The van der Waals surface area contributed by atoms with Crippen LogP contribution in [0.3, 0.4) is 0 Å². The number of nitrogens with one attached hydrogen (secondary N) is 1. The van der Waals surface area contributed by atoms with Crippen molar-refractivity contribution in [3.05, 3.63) is 99.7 Å². The Labute approximate surface area is 213 Å². The zero-order valence-electron chi connectivity index (χ0n) is 20.9. The highest BCUT2D eigenvalue weighted by molar-refractivity contribution is 5.87. The topological polar surface area (TPSA) is 106 Å². The zero-order chi connectivity index (χ0) is 26.1. The van der Waals surface area contributed by atoms with Gasteiger partial charge in [-0.15, -0.1) is 0 Å². The third-order valence-electron chi connectivity index (χ3n) is 6.81.